The lowest BCUT2D eigenvalue weighted by molar-refractivity contribution is -0.135. The number of hydrogen-bond donors (Lipinski definition) is 1. The Morgan fingerprint density at radius 3 is 2.34 bits per heavy atom. The molecule has 1 N–H and O–H groups in total. The molecule has 1 saturated carbocycles. The monoisotopic (exact) mass is 459 g/mol. The van der Waals surface area contributed by atoms with Gasteiger partial charge in [-0.1, -0.05) is 28.1 Å². The highest BCUT2D eigenvalue weighted by molar-refractivity contribution is 9.10. The molecule has 0 aromatic heterocycles. The molecule has 2 aromatic carbocycles. The van der Waals surface area contributed by atoms with Crippen LogP contribution in [0.2, 0.25) is 0 Å². The quantitative estimate of drug-likeness (QED) is 0.745. The van der Waals surface area contributed by atoms with Crippen molar-refractivity contribution >= 4 is 33.4 Å². The average Bonchev–Trinajstić information content (AvgIpc) is 3.52. The van der Waals surface area contributed by atoms with Crippen LogP contribution in [0.1, 0.15) is 18.4 Å². The van der Waals surface area contributed by atoms with E-state index in [1.54, 1.807) is 12.1 Å². The highest BCUT2D eigenvalue weighted by Gasteiger charge is 2.53. The van der Waals surface area contributed by atoms with Gasteiger partial charge in [-0.25, -0.2) is 4.39 Å². The average molecular weight is 460 g/mol. The van der Waals surface area contributed by atoms with Crippen molar-refractivity contribution in [1.82, 2.24) is 9.80 Å². The Labute approximate surface area is 178 Å². The number of hydrogen-bond acceptors (Lipinski definition) is 3. The van der Waals surface area contributed by atoms with Gasteiger partial charge < -0.3 is 10.2 Å². The molecule has 2 aliphatic rings. The van der Waals surface area contributed by atoms with E-state index in [0.29, 0.717) is 31.9 Å². The Kier molecular flexibility index (Phi) is 5.69. The topological polar surface area (TPSA) is 52.7 Å². The number of carbonyl (C=O) groups excluding carboxylic acids is 2. The third kappa shape index (κ3) is 4.51. The lowest BCUT2D eigenvalue weighted by atomic mass is 9.94. The Morgan fingerprint density at radius 1 is 1.03 bits per heavy atom. The van der Waals surface area contributed by atoms with Crippen molar-refractivity contribution in [3.8, 4) is 0 Å². The van der Waals surface area contributed by atoms with Crippen LogP contribution in [0.15, 0.2) is 53.0 Å². The number of nitrogens with zero attached hydrogens (tertiary/aromatic N) is 2. The van der Waals surface area contributed by atoms with Crippen molar-refractivity contribution in [2.45, 2.75) is 18.3 Å². The van der Waals surface area contributed by atoms with E-state index in [9.17, 15) is 14.0 Å². The first-order valence-corrected chi connectivity index (χ1v) is 10.6. The fraction of sp³-hybridized carbons (Fsp3) is 0.364. The van der Waals surface area contributed by atoms with Crippen LogP contribution in [0.4, 0.5) is 10.1 Å². The largest absolute Gasteiger partial charge is 0.339 e. The molecular weight excluding hydrogens is 437 g/mol. The molecule has 29 heavy (non-hydrogen) atoms. The Hall–Kier alpha value is -2.25. The van der Waals surface area contributed by atoms with Crippen LogP contribution >= 0.6 is 15.9 Å². The van der Waals surface area contributed by atoms with Gasteiger partial charge in [0.05, 0.1) is 12.0 Å². The fourth-order valence-corrected chi connectivity index (χ4v) is 4.28. The Morgan fingerprint density at radius 2 is 1.72 bits per heavy atom. The van der Waals surface area contributed by atoms with Crippen molar-refractivity contribution in [3.63, 3.8) is 0 Å². The van der Waals surface area contributed by atoms with Crippen LogP contribution in [0.3, 0.4) is 0 Å². The van der Waals surface area contributed by atoms with E-state index in [4.69, 9.17) is 0 Å². The minimum absolute atomic E-state index is 0.135. The zero-order valence-corrected chi connectivity index (χ0v) is 17.6. The fourth-order valence-electron chi connectivity index (χ4n) is 3.89. The number of benzene rings is 2. The van der Waals surface area contributed by atoms with Gasteiger partial charge in [-0.2, -0.15) is 0 Å². The summed E-state index contributed by atoms with van der Waals surface area (Å²) in [6.07, 6.45) is 1.78. The van der Waals surface area contributed by atoms with Gasteiger partial charge in [0.15, 0.2) is 0 Å². The van der Waals surface area contributed by atoms with E-state index in [2.05, 4.69) is 21.2 Å². The maximum atomic E-state index is 13.2. The first-order chi connectivity index (χ1) is 14.0. The number of piperazine rings is 1. The summed E-state index contributed by atoms with van der Waals surface area (Å²) in [5.74, 6) is -0.268. The smallest absolute Gasteiger partial charge is 0.238 e. The van der Waals surface area contributed by atoms with Gasteiger partial charge in [-0.3, -0.25) is 14.5 Å². The van der Waals surface area contributed by atoms with Crippen LogP contribution in [0.25, 0.3) is 0 Å². The molecule has 4 rings (SSSR count). The molecule has 7 heteroatoms. The summed E-state index contributed by atoms with van der Waals surface area (Å²) in [6.45, 7) is 2.83. The summed E-state index contributed by atoms with van der Waals surface area (Å²) >= 11 is 3.50. The molecule has 2 amide bonds. The van der Waals surface area contributed by atoms with Crippen molar-refractivity contribution < 1.29 is 14.0 Å². The number of rotatable bonds is 5. The van der Waals surface area contributed by atoms with Crippen LogP contribution < -0.4 is 5.32 Å². The molecule has 1 aliphatic heterocycles. The molecule has 0 radical (unpaired) electrons. The molecular formula is C22H23BrFN3O2. The number of halogens is 2. The molecule has 1 aliphatic carbocycles. The van der Waals surface area contributed by atoms with Crippen molar-refractivity contribution in [2.24, 2.45) is 0 Å². The predicted molar refractivity (Wildman–Crippen MR) is 113 cm³/mol. The van der Waals surface area contributed by atoms with Gasteiger partial charge >= 0.3 is 0 Å². The van der Waals surface area contributed by atoms with E-state index >= 15 is 0 Å². The van der Waals surface area contributed by atoms with Crippen molar-refractivity contribution in [1.29, 1.82) is 0 Å². The molecule has 0 bridgehead atoms. The highest BCUT2D eigenvalue weighted by atomic mass is 79.9. The molecule has 1 heterocycles. The maximum absolute atomic E-state index is 13.2. The molecule has 2 aromatic rings. The van der Waals surface area contributed by atoms with Crippen molar-refractivity contribution in [2.75, 3.05) is 38.0 Å². The zero-order chi connectivity index (χ0) is 20.4. The summed E-state index contributed by atoms with van der Waals surface area (Å²) in [7, 11) is 0. The summed E-state index contributed by atoms with van der Waals surface area (Å²) in [5.41, 5.74) is 1.29. The van der Waals surface area contributed by atoms with E-state index in [-0.39, 0.29) is 29.6 Å². The summed E-state index contributed by atoms with van der Waals surface area (Å²) in [5, 5.41) is 2.78. The van der Waals surface area contributed by atoms with Crippen molar-refractivity contribution in [3.05, 3.63) is 64.4 Å². The number of amides is 2. The standard InChI is InChI=1S/C22H23BrFN3O2/c23-17-3-1-2-16(14-17)22(8-9-22)21(29)27-12-10-26(11-13-27)15-20(28)25-19-6-4-18(24)5-7-19/h1-7,14H,8-13,15H2,(H,25,28). The van der Waals surface area contributed by atoms with Crippen LogP contribution in [0, 0.1) is 5.82 Å². The Balaban J connectivity index is 1.29. The molecule has 2 fully saturated rings. The molecule has 152 valence electrons. The van der Waals surface area contributed by atoms with E-state index in [1.807, 2.05) is 34.1 Å². The summed E-state index contributed by atoms with van der Waals surface area (Å²) in [6, 6.07) is 13.7. The lowest BCUT2D eigenvalue weighted by Crippen LogP contribution is -2.52. The van der Waals surface area contributed by atoms with Crippen LogP contribution in [-0.4, -0.2) is 54.3 Å². The molecule has 1 saturated heterocycles. The maximum Gasteiger partial charge on any atom is 0.238 e. The number of anilines is 1. The predicted octanol–water partition coefficient (Wildman–Crippen LogP) is 3.40. The summed E-state index contributed by atoms with van der Waals surface area (Å²) in [4.78, 5) is 29.4. The van der Waals surface area contributed by atoms with Gasteiger partial charge in [0.2, 0.25) is 11.8 Å². The van der Waals surface area contributed by atoms with Crippen LogP contribution in [-0.2, 0) is 15.0 Å². The molecule has 0 spiro atoms. The minimum Gasteiger partial charge on any atom is -0.339 e. The second kappa shape index (κ2) is 8.24. The second-order valence-electron chi connectivity index (χ2n) is 7.72. The van der Waals surface area contributed by atoms with Crippen LogP contribution in [0.5, 0.6) is 0 Å². The van der Waals surface area contributed by atoms with Gasteiger partial charge in [0.1, 0.15) is 5.82 Å². The number of carbonyl (C=O) groups is 2. The SMILES string of the molecule is O=C(CN1CCN(C(=O)C2(c3cccc(Br)c3)CC2)CC1)Nc1ccc(F)cc1. The normalized spacial score (nSPS) is 18.3. The minimum atomic E-state index is -0.369. The second-order valence-corrected chi connectivity index (χ2v) is 8.63. The summed E-state index contributed by atoms with van der Waals surface area (Å²) < 4.78 is 14.0. The first-order valence-electron chi connectivity index (χ1n) is 9.79. The number of nitrogens with one attached hydrogen (secondary N) is 1. The van der Waals surface area contributed by atoms with E-state index in [1.165, 1.54) is 12.1 Å². The highest BCUT2D eigenvalue weighted by Crippen LogP contribution is 2.50. The zero-order valence-electron chi connectivity index (χ0n) is 16.0. The van der Waals surface area contributed by atoms with Gasteiger partial charge in [-0.15, -0.1) is 0 Å². The molecule has 0 atom stereocenters. The third-order valence-electron chi connectivity index (χ3n) is 5.69. The van der Waals surface area contributed by atoms with E-state index in [0.717, 1.165) is 22.9 Å². The Bertz CT molecular complexity index is 907. The van der Waals surface area contributed by atoms with Gasteiger partial charge in [0.25, 0.3) is 0 Å². The molecule has 0 unspecified atom stereocenters. The lowest BCUT2D eigenvalue weighted by Gasteiger charge is -2.36. The third-order valence-corrected chi connectivity index (χ3v) is 6.18. The first kappa shape index (κ1) is 20.0. The van der Waals surface area contributed by atoms with Gasteiger partial charge in [0, 0.05) is 36.3 Å². The van der Waals surface area contributed by atoms with Gasteiger partial charge in [-0.05, 0) is 54.8 Å². The van der Waals surface area contributed by atoms with E-state index < -0.39 is 0 Å². The molecule has 5 nitrogen and oxygen atoms in total.